The van der Waals surface area contributed by atoms with Gasteiger partial charge in [-0.3, -0.25) is 5.01 Å². The highest BCUT2D eigenvalue weighted by Gasteiger charge is 2.61. The summed E-state index contributed by atoms with van der Waals surface area (Å²) in [5.74, 6) is 3.25. The third-order valence-electron chi connectivity index (χ3n) is 5.91. The maximum Gasteiger partial charge on any atom is 0.0983 e. The summed E-state index contributed by atoms with van der Waals surface area (Å²) in [4.78, 5) is 0. The Kier molecular flexibility index (Phi) is 2.18. The number of fused-ring (bicyclic) bond motifs is 8. The van der Waals surface area contributed by atoms with E-state index in [-0.39, 0.29) is 0 Å². The minimum atomic E-state index is 0.477. The monoisotopic (exact) mass is 265 g/mol. The summed E-state index contributed by atoms with van der Waals surface area (Å²) in [6, 6.07) is 11.7. The zero-order valence-corrected chi connectivity index (χ0v) is 11.5. The van der Waals surface area contributed by atoms with Crippen LogP contribution >= 0.6 is 0 Å². The molecular formula is C17H19N3. The SMILES string of the molecule is C1=C[C@H]2[C@@H](C1)[C@H]1C[C@@H]2[C@H]2[C@@H]1N=NN2Cc1ccccc1. The van der Waals surface area contributed by atoms with Gasteiger partial charge in [0.2, 0.25) is 0 Å². The van der Waals surface area contributed by atoms with Crippen molar-refractivity contribution in [3.63, 3.8) is 0 Å². The summed E-state index contributed by atoms with van der Waals surface area (Å²) < 4.78 is 0. The molecule has 1 aliphatic heterocycles. The molecule has 4 aliphatic rings. The van der Waals surface area contributed by atoms with E-state index in [0.717, 1.165) is 30.2 Å². The Morgan fingerprint density at radius 2 is 2.00 bits per heavy atom. The summed E-state index contributed by atoms with van der Waals surface area (Å²) in [5, 5.41) is 11.4. The van der Waals surface area contributed by atoms with Crippen LogP contribution in [0, 0.1) is 23.7 Å². The Bertz CT molecular complexity index is 579. The number of rotatable bonds is 2. The van der Waals surface area contributed by atoms with E-state index in [9.17, 15) is 0 Å². The van der Waals surface area contributed by atoms with E-state index in [0.29, 0.717) is 12.1 Å². The first-order valence-corrected chi connectivity index (χ1v) is 7.80. The quantitative estimate of drug-likeness (QED) is 0.753. The molecule has 3 nitrogen and oxygen atoms in total. The number of benzene rings is 1. The average Bonchev–Trinajstić information content (AvgIpc) is 3.18. The van der Waals surface area contributed by atoms with Gasteiger partial charge in [0.1, 0.15) is 0 Å². The highest BCUT2D eigenvalue weighted by molar-refractivity contribution is 5.22. The van der Waals surface area contributed by atoms with Gasteiger partial charge in [0.25, 0.3) is 0 Å². The normalized spacial score (nSPS) is 43.3. The van der Waals surface area contributed by atoms with Crippen molar-refractivity contribution in [2.45, 2.75) is 31.5 Å². The van der Waals surface area contributed by atoms with Gasteiger partial charge in [0.15, 0.2) is 0 Å². The van der Waals surface area contributed by atoms with Crippen LogP contribution in [0.25, 0.3) is 0 Å². The standard InChI is InChI=1S/C17H19N3/c1-2-5-11(6-3-1)10-20-17-15-9-14(16(17)18-19-20)12-7-4-8-13(12)15/h1-6,8,12-17H,7,9-10H2/t12-,13+,14-,15+,16-,17+/m1/s1. The summed E-state index contributed by atoms with van der Waals surface area (Å²) >= 11 is 0. The second-order valence-corrected chi connectivity index (χ2v) is 6.74. The van der Waals surface area contributed by atoms with Crippen LogP contribution in [0.15, 0.2) is 52.8 Å². The van der Waals surface area contributed by atoms with Crippen molar-refractivity contribution < 1.29 is 0 Å². The Hall–Kier alpha value is -1.64. The molecule has 0 radical (unpaired) electrons. The highest BCUT2D eigenvalue weighted by atomic mass is 15.6. The van der Waals surface area contributed by atoms with E-state index < -0.39 is 0 Å². The molecule has 3 heteroatoms. The van der Waals surface area contributed by atoms with Crippen LogP contribution in [-0.2, 0) is 6.54 Å². The average molecular weight is 265 g/mol. The fraction of sp³-hybridized carbons (Fsp3) is 0.529. The summed E-state index contributed by atoms with van der Waals surface area (Å²) in [6.07, 6.45) is 7.53. The van der Waals surface area contributed by atoms with Crippen molar-refractivity contribution in [1.82, 2.24) is 5.01 Å². The minimum absolute atomic E-state index is 0.477. The fourth-order valence-electron chi connectivity index (χ4n) is 5.17. The summed E-state index contributed by atoms with van der Waals surface area (Å²) in [5.41, 5.74) is 1.34. The van der Waals surface area contributed by atoms with Crippen LogP contribution in [0.2, 0.25) is 0 Å². The summed E-state index contributed by atoms with van der Waals surface area (Å²) in [7, 11) is 0. The van der Waals surface area contributed by atoms with Gasteiger partial charge >= 0.3 is 0 Å². The fourth-order valence-corrected chi connectivity index (χ4v) is 5.17. The van der Waals surface area contributed by atoms with Crippen molar-refractivity contribution >= 4 is 0 Å². The first-order valence-electron chi connectivity index (χ1n) is 7.80. The molecule has 0 N–H and O–H groups in total. The number of hydrogen-bond donors (Lipinski definition) is 0. The van der Waals surface area contributed by atoms with Gasteiger partial charge in [0, 0.05) is 0 Å². The van der Waals surface area contributed by atoms with Crippen molar-refractivity contribution in [2.75, 3.05) is 0 Å². The molecule has 0 spiro atoms. The lowest BCUT2D eigenvalue weighted by Gasteiger charge is -2.35. The van der Waals surface area contributed by atoms with Gasteiger partial charge in [-0.05, 0) is 42.1 Å². The van der Waals surface area contributed by atoms with Gasteiger partial charge in [-0.1, -0.05) is 47.7 Å². The zero-order chi connectivity index (χ0) is 13.1. The highest BCUT2D eigenvalue weighted by Crippen LogP contribution is 2.60. The number of allylic oxidation sites excluding steroid dienone is 2. The topological polar surface area (TPSA) is 28.0 Å². The Morgan fingerprint density at radius 3 is 2.90 bits per heavy atom. The third-order valence-corrected chi connectivity index (χ3v) is 5.91. The predicted octanol–water partition coefficient (Wildman–Crippen LogP) is 3.45. The molecule has 0 amide bonds. The smallest absolute Gasteiger partial charge is 0.0983 e. The van der Waals surface area contributed by atoms with Crippen molar-refractivity contribution in [1.29, 1.82) is 0 Å². The van der Waals surface area contributed by atoms with Gasteiger partial charge < -0.3 is 0 Å². The van der Waals surface area contributed by atoms with Crippen LogP contribution in [0.4, 0.5) is 0 Å². The molecule has 2 saturated carbocycles. The molecule has 20 heavy (non-hydrogen) atoms. The number of nitrogens with zero attached hydrogens (tertiary/aromatic N) is 3. The Labute approximate surface area is 119 Å². The maximum absolute atomic E-state index is 4.64. The molecule has 1 aromatic rings. The molecule has 2 fully saturated rings. The van der Waals surface area contributed by atoms with Crippen LogP contribution in [-0.4, -0.2) is 17.1 Å². The van der Waals surface area contributed by atoms with Crippen molar-refractivity contribution in [2.24, 2.45) is 34.0 Å². The van der Waals surface area contributed by atoms with Gasteiger partial charge in [-0.2, -0.15) is 5.11 Å². The molecule has 6 atom stereocenters. The molecule has 0 saturated heterocycles. The third kappa shape index (κ3) is 1.36. The second-order valence-electron chi connectivity index (χ2n) is 6.74. The molecule has 102 valence electrons. The zero-order valence-electron chi connectivity index (χ0n) is 11.5. The molecule has 5 rings (SSSR count). The lowest BCUT2D eigenvalue weighted by molar-refractivity contribution is 0.119. The van der Waals surface area contributed by atoms with Crippen molar-refractivity contribution in [3.05, 3.63) is 48.0 Å². The van der Waals surface area contributed by atoms with Crippen LogP contribution in [0.1, 0.15) is 18.4 Å². The Balaban J connectivity index is 1.42. The van der Waals surface area contributed by atoms with Crippen LogP contribution in [0.3, 0.4) is 0 Å². The predicted molar refractivity (Wildman–Crippen MR) is 76.8 cm³/mol. The van der Waals surface area contributed by atoms with E-state index in [4.69, 9.17) is 0 Å². The van der Waals surface area contributed by atoms with E-state index in [1.165, 1.54) is 18.4 Å². The Morgan fingerprint density at radius 1 is 1.10 bits per heavy atom. The largest absolute Gasteiger partial charge is 0.269 e. The second kappa shape index (κ2) is 3.94. The van der Waals surface area contributed by atoms with Gasteiger partial charge in [-0.25, -0.2) is 0 Å². The molecule has 3 aliphatic carbocycles. The number of hydrogen-bond acceptors (Lipinski definition) is 3. The molecule has 0 aromatic heterocycles. The summed E-state index contributed by atoms with van der Waals surface area (Å²) in [6.45, 7) is 0.913. The van der Waals surface area contributed by atoms with Crippen LogP contribution < -0.4 is 0 Å². The van der Waals surface area contributed by atoms with E-state index in [1.807, 2.05) is 0 Å². The van der Waals surface area contributed by atoms with Crippen LogP contribution in [0.5, 0.6) is 0 Å². The molecular weight excluding hydrogens is 246 g/mol. The molecule has 2 bridgehead atoms. The van der Waals surface area contributed by atoms with E-state index >= 15 is 0 Å². The van der Waals surface area contributed by atoms with Gasteiger partial charge in [-0.15, -0.1) is 0 Å². The lowest BCUT2D eigenvalue weighted by Crippen LogP contribution is -2.44. The maximum atomic E-state index is 4.64. The molecule has 1 heterocycles. The van der Waals surface area contributed by atoms with E-state index in [1.54, 1.807) is 0 Å². The molecule has 0 unspecified atom stereocenters. The minimum Gasteiger partial charge on any atom is -0.269 e. The first-order chi connectivity index (χ1) is 9.92. The van der Waals surface area contributed by atoms with Gasteiger partial charge in [0.05, 0.1) is 18.6 Å². The molecule has 1 aromatic carbocycles. The lowest BCUT2D eigenvalue weighted by atomic mass is 9.76. The van der Waals surface area contributed by atoms with Crippen molar-refractivity contribution in [3.8, 4) is 0 Å². The van der Waals surface area contributed by atoms with E-state index in [2.05, 4.69) is 57.8 Å². The first kappa shape index (κ1) is 11.1.